The number of nitrogens with zero attached hydrogens (tertiary/aromatic N) is 2. The third-order valence-electron chi connectivity index (χ3n) is 4.80. The number of piperidine rings is 1. The van der Waals surface area contributed by atoms with E-state index in [0.29, 0.717) is 30.1 Å². The Bertz CT molecular complexity index is 706. The molecule has 2 aliphatic rings. The average molecular weight is 394 g/mol. The number of nitrogens with two attached hydrogens (primary N) is 1. The van der Waals surface area contributed by atoms with Crippen molar-refractivity contribution < 1.29 is 14.4 Å². The molecule has 0 aromatic heterocycles. The van der Waals surface area contributed by atoms with Gasteiger partial charge in [0.15, 0.2) is 0 Å². The number of amides is 3. The fourth-order valence-corrected chi connectivity index (χ4v) is 3.80. The van der Waals surface area contributed by atoms with Crippen molar-refractivity contribution in [2.75, 3.05) is 19.6 Å². The Labute approximate surface area is 149 Å². The predicted molar refractivity (Wildman–Crippen MR) is 92.5 cm³/mol. The Morgan fingerprint density at radius 3 is 2.71 bits per heavy atom. The number of likely N-dealkylation sites (tertiary alicyclic amines) is 1. The summed E-state index contributed by atoms with van der Waals surface area (Å²) in [7, 11) is 0. The van der Waals surface area contributed by atoms with Crippen molar-refractivity contribution in [1.82, 2.24) is 9.80 Å². The molecular weight excluding hydrogens is 374 g/mol. The van der Waals surface area contributed by atoms with Crippen LogP contribution in [0.4, 0.5) is 0 Å². The summed E-state index contributed by atoms with van der Waals surface area (Å²) >= 11 is 3.30. The highest BCUT2D eigenvalue weighted by Crippen LogP contribution is 2.27. The summed E-state index contributed by atoms with van der Waals surface area (Å²) in [5.74, 6) is -0.518. The van der Waals surface area contributed by atoms with Crippen molar-refractivity contribution in [3.05, 3.63) is 33.8 Å². The predicted octanol–water partition coefficient (Wildman–Crippen LogP) is 1.63. The van der Waals surface area contributed by atoms with E-state index >= 15 is 0 Å². The molecule has 2 N–H and O–H groups in total. The molecule has 0 radical (unpaired) electrons. The summed E-state index contributed by atoms with van der Waals surface area (Å²) < 4.78 is 0.726. The molecule has 3 rings (SSSR count). The lowest BCUT2D eigenvalue weighted by Crippen LogP contribution is -2.52. The molecule has 0 bridgehead atoms. The van der Waals surface area contributed by atoms with Gasteiger partial charge in [-0.05, 0) is 37.0 Å². The molecule has 24 heavy (non-hydrogen) atoms. The molecule has 2 heterocycles. The number of imide groups is 1. The topological polar surface area (TPSA) is 83.7 Å². The van der Waals surface area contributed by atoms with Crippen LogP contribution in [0.25, 0.3) is 0 Å². The first-order valence-corrected chi connectivity index (χ1v) is 8.87. The molecule has 7 heteroatoms. The molecule has 2 atom stereocenters. The van der Waals surface area contributed by atoms with Gasteiger partial charge in [0.2, 0.25) is 5.91 Å². The van der Waals surface area contributed by atoms with Crippen LogP contribution in [0.1, 0.15) is 40.5 Å². The summed E-state index contributed by atoms with van der Waals surface area (Å²) in [4.78, 5) is 40.3. The van der Waals surface area contributed by atoms with Crippen molar-refractivity contribution in [2.24, 2.45) is 11.7 Å². The fourth-order valence-electron chi connectivity index (χ4n) is 3.44. The first-order chi connectivity index (χ1) is 11.4. The quantitative estimate of drug-likeness (QED) is 0.790. The van der Waals surface area contributed by atoms with Gasteiger partial charge < -0.3 is 10.6 Å². The van der Waals surface area contributed by atoms with E-state index in [0.717, 1.165) is 22.2 Å². The second kappa shape index (κ2) is 6.64. The van der Waals surface area contributed by atoms with E-state index in [1.807, 2.05) is 0 Å². The second-order valence-corrected chi connectivity index (χ2v) is 7.41. The van der Waals surface area contributed by atoms with Gasteiger partial charge in [-0.1, -0.05) is 22.9 Å². The molecule has 0 spiro atoms. The molecule has 6 nitrogen and oxygen atoms in total. The number of hydrogen-bond acceptors (Lipinski definition) is 4. The third-order valence-corrected chi connectivity index (χ3v) is 5.29. The second-order valence-electron chi connectivity index (χ2n) is 6.49. The molecule has 1 fully saturated rings. The lowest BCUT2D eigenvalue weighted by molar-refractivity contribution is -0.135. The van der Waals surface area contributed by atoms with Crippen LogP contribution in [0.3, 0.4) is 0 Å². The minimum Gasteiger partial charge on any atom is -0.337 e. The fraction of sp³-hybridized carbons (Fsp3) is 0.471. The van der Waals surface area contributed by atoms with Gasteiger partial charge in [-0.3, -0.25) is 19.3 Å². The molecule has 2 aliphatic heterocycles. The Balaban J connectivity index is 1.76. The SMILES string of the molecule is CC1CCN(C(=O)CN2C(=O)c3ccc(Br)cc3C2=O)C(CN)C1. The lowest BCUT2D eigenvalue weighted by atomic mass is 9.92. The number of carbonyl (C=O) groups excluding carboxylic acids is 3. The minimum absolute atomic E-state index is 0.0226. The van der Waals surface area contributed by atoms with Crippen molar-refractivity contribution in [1.29, 1.82) is 0 Å². The Hall–Kier alpha value is -1.73. The van der Waals surface area contributed by atoms with Gasteiger partial charge in [0.25, 0.3) is 11.8 Å². The Morgan fingerprint density at radius 2 is 2.00 bits per heavy atom. The van der Waals surface area contributed by atoms with E-state index in [2.05, 4.69) is 22.9 Å². The molecule has 2 unspecified atom stereocenters. The standard InChI is InChI=1S/C17H20BrN3O3/c1-10-4-5-20(12(6-10)8-19)15(22)9-21-16(23)13-3-2-11(18)7-14(13)17(21)24/h2-3,7,10,12H,4-6,8-9,19H2,1H3. The zero-order chi connectivity index (χ0) is 17.4. The minimum atomic E-state index is -0.417. The number of rotatable bonds is 3. The van der Waals surface area contributed by atoms with Crippen LogP contribution in [-0.2, 0) is 4.79 Å². The number of fused-ring (bicyclic) bond motifs is 1. The molecular formula is C17H20BrN3O3. The van der Waals surface area contributed by atoms with E-state index < -0.39 is 11.8 Å². The van der Waals surface area contributed by atoms with Gasteiger partial charge in [-0.15, -0.1) is 0 Å². The van der Waals surface area contributed by atoms with Crippen LogP contribution in [0.15, 0.2) is 22.7 Å². The van der Waals surface area contributed by atoms with E-state index in [9.17, 15) is 14.4 Å². The summed E-state index contributed by atoms with van der Waals surface area (Å²) in [6, 6.07) is 4.91. The van der Waals surface area contributed by atoms with Gasteiger partial charge in [0.1, 0.15) is 6.54 Å². The molecule has 1 aromatic carbocycles. The largest absolute Gasteiger partial charge is 0.337 e. The monoisotopic (exact) mass is 393 g/mol. The van der Waals surface area contributed by atoms with Gasteiger partial charge in [-0.2, -0.15) is 0 Å². The molecule has 3 amide bonds. The van der Waals surface area contributed by atoms with Gasteiger partial charge in [0, 0.05) is 23.6 Å². The van der Waals surface area contributed by atoms with Crippen molar-refractivity contribution >= 4 is 33.7 Å². The third kappa shape index (κ3) is 2.98. The molecule has 0 aliphatic carbocycles. The van der Waals surface area contributed by atoms with Crippen LogP contribution >= 0.6 is 15.9 Å². The normalized spacial score (nSPS) is 23.6. The summed E-state index contributed by atoms with van der Waals surface area (Å²) in [5.41, 5.74) is 6.48. The van der Waals surface area contributed by atoms with Crippen molar-refractivity contribution in [2.45, 2.75) is 25.8 Å². The van der Waals surface area contributed by atoms with E-state index in [1.165, 1.54) is 0 Å². The first kappa shape index (κ1) is 17.1. The lowest BCUT2D eigenvalue weighted by Gasteiger charge is -2.38. The zero-order valence-electron chi connectivity index (χ0n) is 13.5. The summed E-state index contributed by atoms with van der Waals surface area (Å²) in [6.07, 6.45) is 1.77. The van der Waals surface area contributed by atoms with Gasteiger partial charge in [-0.25, -0.2) is 0 Å². The highest BCUT2D eigenvalue weighted by Gasteiger charge is 2.38. The molecule has 1 aromatic rings. The molecule has 128 valence electrons. The van der Waals surface area contributed by atoms with Crippen LogP contribution in [0.5, 0.6) is 0 Å². The number of hydrogen-bond donors (Lipinski definition) is 1. The number of benzene rings is 1. The Kier molecular flexibility index (Phi) is 4.73. The van der Waals surface area contributed by atoms with Crippen LogP contribution in [-0.4, -0.2) is 53.2 Å². The summed E-state index contributed by atoms with van der Waals surface area (Å²) in [5, 5.41) is 0. The maximum atomic E-state index is 12.7. The van der Waals surface area contributed by atoms with E-state index in [4.69, 9.17) is 5.73 Å². The highest BCUT2D eigenvalue weighted by atomic mass is 79.9. The van der Waals surface area contributed by atoms with Gasteiger partial charge in [0.05, 0.1) is 11.1 Å². The first-order valence-electron chi connectivity index (χ1n) is 8.07. The van der Waals surface area contributed by atoms with Crippen LogP contribution in [0, 0.1) is 5.92 Å². The van der Waals surface area contributed by atoms with Gasteiger partial charge >= 0.3 is 0 Å². The number of halogens is 1. The molecule has 1 saturated heterocycles. The van der Waals surface area contributed by atoms with Crippen LogP contribution < -0.4 is 5.73 Å². The maximum absolute atomic E-state index is 12.7. The zero-order valence-corrected chi connectivity index (χ0v) is 15.1. The van der Waals surface area contributed by atoms with Crippen LogP contribution in [0.2, 0.25) is 0 Å². The smallest absolute Gasteiger partial charge is 0.262 e. The Morgan fingerprint density at radius 1 is 1.29 bits per heavy atom. The number of carbonyl (C=O) groups is 3. The van der Waals surface area contributed by atoms with E-state index in [1.54, 1.807) is 23.1 Å². The maximum Gasteiger partial charge on any atom is 0.262 e. The van der Waals surface area contributed by atoms with Crippen molar-refractivity contribution in [3.8, 4) is 0 Å². The molecule has 0 saturated carbocycles. The van der Waals surface area contributed by atoms with Crippen molar-refractivity contribution in [3.63, 3.8) is 0 Å². The highest BCUT2D eigenvalue weighted by molar-refractivity contribution is 9.10. The van der Waals surface area contributed by atoms with E-state index in [-0.39, 0.29) is 18.5 Å². The summed E-state index contributed by atoms with van der Waals surface area (Å²) in [6.45, 7) is 2.93. The average Bonchev–Trinajstić information content (AvgIpc) is 2.79.